The van der Waals surface area contributed by atoms with Crippen molar-refractivity contribution in [1.29, 1.82) is 0 Å². The van der Waals surface area contributed by atoms with Gasteiger partial charge in [0.25, 0.3) is 0 Å². The lowest BCUT2D eigenvalue weighted by molar-refractivity contribution is -0.132. The minimum Gasteiger partial charge on any atom is -0.340 e. The second-order valence-corrected chi connectivity index (χ2v) is 9.10. The van der Waals surface area contributed by atoms with Gasteiger partial charge in [-0.05, 0) is 61.2 Å². The SMILES string of the molecule is Cc1ccc(S(=O)(=O)N2CCN(C(=O)CCc3ccc(F)cc3)CC2)cc1C. The van der Waals surface area contributed by atoms with Crippen molar-refractivity contribution in [2.45, 2.75) is 31.6 Å². The van der Waals surface area contributed by atoms with Gasteiger partial charge in [0, 0.05) is 32.6 Å². The Hall–Kier alpha value is -2.25. The number of nitrogens with zero attached hydrogens (tertiary/aromatic N) is 2. The van der Waals surface area contributed by atoms with Crippen molar-refractivity contribution >= 4 is 15.9 Å². The van der Waals surface area contributed by atoms with E-state index in [4.69, 9.17) is 0 Å². The Morgan fingerprint density at radius 3 is 2.21 bits per heavy atom. The molecule has 0 bridgehead atoms. The van der Waals surface area contributed by atoms with Crippen molar-refractivity contribution in [3.63, 3.8) is 0 Å². The Kier molecular flexibility index (Phi) is 6.15. The van der Waals surface area contributed by atoms with Crippen LogP contribution in [0.3, 0.4) is 0 Å². The molecule has 0 aromatic heterocycles. The van der Waals surface area contributed by atoms with Crippen LogP contribution in [-0.4, -0.2) is 49.7 Å². The summed E-state index contributed by atoms with van der Waals surface area (Å²) in [6.07, 6.45) is 0.871. The molecule has 1 fully saturated rings. The normalized spacial score (nSPS) is 15.6. The minimum atomic E-state index is -3.55. The quantitative estimate of drug-likeness (QED) is 0.770. The van der Waals surface area contributed by atoms with Gasteiger partial charge in [0.2, 0.25) is 15.9 Å². The minimum absolute atomic E-state index is 0.00690. The summed E-state index contributed by atoms with van der Waals surface area (Å²) in [6.45, 7) is 5.18. The Bertz CT molecular complexity index is 950. The van der Waals surface area contributed by atoms with Crippen molar-refractivity contribution in [2.24, 2.45) is 0 Å². The number of piperazine rings is 1. The second-order valence-electron chi connectivity index (χ2n) is 7.16. The summed E-state index contributed by atoms with van der Waals surface area (Å²) in [7, 11) is -3.55. The van der Waals surface area contributed by atoms with Crippen LogP contribution in [0.1, 0.15) is 23.1 Å². The van der Waals surface area contributed by atoms with Crippen LogP contribution in [-0.2, 0) is 21.2 Å². The topological polar surface area (TPSA) is 57.7 Å². The summed E-state index contributed by atoms with van der Waals surface area (Å²) in [5.74, 6) is -0.302. The molecule has 2 aromatic carbocycles. The molecule has 7 heteroatoms. The predicted molar refractivity (Wildman–Crippen MR) is 106 cm³/mol. The fourth-order valence-electron chi connectivity index (χ4n) is 3.26. The molecule has 3 rings (SSSR count). The lowest BCUT2D eigenvalue weighted by Crippen LogP contribution is -2.50. The third kappa shape index (κ3) is 4.59. The largest absolute Gasteiger partial charge is 0.340 e. The zero-order valence-electron chi connectivity index (χ0n) is 16.2. The first-order valence-corrected chi connectivity index (χ1v) is 10.8. The van der Waals surface area contributed by atoms with Crippen LogP contribution in [0, 0.1) is 19.7 Å². The molecule has 0 unspecified atom stereocenters. The number of hydrogen-bond acceptors (Lipinski definition) is 3. The fourth-order valence-corrected chi connectivity index (χ4v) is 4.77. The second kappa shape index (κ2) is 8.41. The fraction of sp³-hybridized carbons (Fsp3) is 0.381. The Labute approximate surface area is 165 Å². The Morgan fingerprint density at radius 1 is 0.964 bits per heavy atom. The van der Waals surface area contributed by atoms with Crippen LogP contribution in [0.4, 0.5) is 4.39 Å². The molecule has 28 heavy (non-hydrogen) atoms. The highest BCUT2D eigenvalue weighted by Crippen LogP contribution is 2.21. The van der Waals surface area contributed by atoms with Crippen LogP contribution in [0.2, 0.25) is 0 Å². The number of rotatable bonds is 5. The van der Waals surface area contributed by atoms with Crippen LogP contribution in [0.25, 0.3) is 0 Å². The zero-order valence-corrected chi connectivity index (χ0v) is 17.0. The number of aryl methyl sites for hydroxylation is 3. The van der Waals surface area contributed by atoms with Gasteiger partial charge in [0.1, 0.15) is 5.82 Å². The van der Waals surface area contributed by atoms with Crippen molar-refractivity contribution in [3.8, 4) is 0 Å². The van der Waals surface area contributed by atoms with E-state index in [1.165, 1.54) is 16.4 Å². The maximum absolute atomic E-state index is 12.9. The maximum atomic E-state index is 12.9. The van der Waals surface area contributed by atoms with Crippen molar-refractivity contribution < 1.29 is 17.6 Å². The molecular weight excluding hydrogens is 379 g/mol. The van der Waals surface area contributed by atoms with E-state index in [9.17, 15) is 17.6 Å². The lowest BCUT2D eigenvalue weighted by Gasteiger charge is -2.34. The third-order valence-corrected chi connectivity index (χ3v) is 7.14. The van der Waals surface area contributed by atoms with E-state index in [-0.39, 0.29) is 24.8 Å². The summed E-state index contributed by atoms with van der Waals surface area (Å²) < 4.78 is 40.1. The highest BCUT2D eigenvalue weighted by Gasteiger charge is 2.30. The molecule has 0 spiro atoms. The van der Waals surface area contributed by atoms with Crippen LogP contribution >= 0.6 is 0 Å². The summed E-state index contributed by atoms with van der Waals surface area (Å²) >= 11 is 0. The van der Waals surface area contributed by atoms with E-state index >= 15 is 0 Å². The number of sulfonamides is 1. The van der Waals surface area contributed by atoms with E-state index in [1.807, 2.05) is 19.9 Å². The predicted octanol–water partition coefficient (Wildman–Crippen LogP) is 2.91. The molecule has 5 nitrogen and oxygen atoms in total. The summed E-state index contributed by atoms with van der Waals surface area (Å²) in [4.78, 5) is 14.4. The number of hydrogen-bond donors (Lipinski definition) is 0. The standard InChI is InChI=1S/C21H25FN2O3S/c1-16-3-9-20(15-17(16)2)28(26,27)24-13-11-23(12-14-24)21(25)10-6-18-4-7-19(22)8-5-18/h3-5,7-9,15H,6,10-14H2,1-2H3. The van der Waals surface area contributed by atoms with E-state index in [2.05, 4.69) is 0 Å². The molecule has 0 atom stereocenters. The number of amides is 1. The summed E-state index contributed by atoms with van der Waals surface area (Å²) in [5, 5.41) is 0. The highest BCUT2D eigenvalue weighted by atomic mass is 32.2. The Balaban J connectivity index is 1.56. The monoisotopic (exact) mass is 404 g/mol. The lowest BCUT2D eigenvalue weighted by atomic mass is 10.1. The Morgan fingerprint density at radius 2 is 1.61 bits per heavy atom. The van der Waals surface area contributed by atoms with Crippen LogP contribution in [0.15, 0.2) is 47.4 Å². The van der Waals surface area contributed by atoms with Crippen LogP contribution in [0.5, 0.6) is 0 Å². The molecule has 1 aliphatic heterocycles. The van der Waals surface area contributed by atoms with Gasteiger partial charge in [-0.15, -0.1) is 0 Å². The van der Waals surface area contributed by atoms with Crippen molar-refractivity contribution in [3.05, 3.63) is 65.0 Å². The molecule has 150 valence electrons. The maximum Gasteiger partial charge on any atom is 0.243 e. The van der Waals surface area contributed by atoms with Gasteiger partial charge >= 0.3 is 0 Å². The molecule has 1 heterocycles. The smallest absolute Gasteiger partial charge is 0.243 e. The molecule has 1 amide bonds. The van der Waals surface area contributed by atoms with Gasteiger partial charge < -0.3 is 4.90 Å². The first kappa shape index (κ1) is 20.5. The van der Waals surface area contributed by atoms with Crippen molar-refractivity contribution in [1.82, 2.24) is 9.21 Å². The molecule has 2 aromatic rings. The average molecular weight is 405 g/mol. The first-order valence-electron chi connectivity index (χ1n) is 9.37. The number of halogens is 1. The van der Waals surface area contributed by atoms with E-state index < -0.39 is 10.0 Å². The van der Waals surface area contributed by atoms with Gasteiger partial charge in [-0.2, -0.15) is 4.31 Å². The summed E-state index contributed by atoms with van der Waals surface area (Å²) in [5.41, 5.74) is 2.90. The number of carbonyl (C=O) groups excluding carboxylic acids is 1. The third-order valence-electron chi connectivity index (χ3n) is 5.25. The number of benzene rings is 2. The van der Waals surface area contributed by atoms with Gasteiger partial charge in [-0.1, -0.05) is 18.2 Å². The highest BCUT2D eigenvalue weighted by molar-refractivity contribution is 7.89. The zero-order chi connectivity index (χ0) is 20.3. The molecule has 0 radical (unpaired) electrons. The van der Waals surface area contributed by atoms with Gasteiger partial charge in [0.05, 0.1) is 4.90 Å². The molecule has 0 aliphatic carbocycles. The summed E-state index contributed by atoms with van der Waals surface area (Å²) in [6, 6.07) is 11.3. The van der Waals surface area contributed by atoms with Gasteiger partial charge in [-0.3, -0.25) is 4.79 Å². The molecule has 1 aliphatic rings. The first-order chi connectivity index (χ1) is 13.3. The average Bonchev–Trinajstić information content (AvgIpc) is 2.69. The van der Waals surface area contributed by atoms with E-state index in [1.54, 1.807) is 29.2 Å². The van der Waals surface area contributed by atoms with Crippen molar-refractivity contribution in [2.75, 3.05) is 26.2 Å². The van der Waals surface area contributed by atoms with Crippen LogP contribution < -0.4 is 0 Å². The van der Waals surface area contributed by atoms with E-state index in [0.29, 0.717) is 30.8 Å². The van der Waals surface area contributed by atoms with Gasteiger partial charge in [0.15, 0.2) is 0 Å². The molecule has 0 saturated carbocycles. The molecule has 1 saturated heterocycles. The molecule has 0 N–H and O–H groups in total. The van der Waals surface area contributed by atoms with E-state index in [0.717, 1.165) is 16.7 Å². The van der Waals surface area contributed by atoms with Gasteiger partial charge in [-0.25, -0.2) is 12.8 Å². The number of carbonyl (C=O) groups is 1. The molecular formula is C21H25FN2O3S.